The molecule has 0 unspecified atom stereocenters. The summed E-state index contributed by atoms with van der Waals surface area (Å²) >= 11 is 0. The number of hydrogen-bond donors (Lipinski definition) is 0. The zero-order valence-electron chi connectivity index (χ0n) is 14.4. The van der Waals surface area contributed by atoms with Crippen LogP contribution < -0.4 is 4.74 Å². The highest BCUT2D eigenvalue weighted by atomic mass is 16.5. The Morgan fingerprint density at radius 2 is 1.68 bits per heavy atom. The molecule has 0 aliphatic carbocycles. The van der Waals surface area contributed by atoms with Crippen molar-refractivity contribution in [2.75, 3.05) is 7.11 Å². The fraction of sp³-hybridized carbons (Fsp3) is 0.136. The lowest BCUT2D eigenvalue weighted by Gasteiger charge is -2.08. The molecule has 0 bridgehead atoms. The van der Waals surface area contributed by atoms with E-state index in [0.717, 1.165) is 17.8 Å². The molecule has 3 nitrogen and oxygen atoms in total. The molecule has 124 valence electrons. The summed E-state index contributed by atoms with van der Waals surface area (Å²) in [5.74, 6) is 0.872. The molecular formula is C22H20N2O. The summed E-state index contributed by atoms with van der Waals surface area (Å²) < 4.78 is 7.30. The van der Waals surface area contributed by atoms with E-state index in [2.05, 4.69) is 65.2 Å². The Bertz CT molecular complexity index is 1000. The number of methoxy groups -OCH3 is 1. The van der Waals surface area contributed by atoms with Gasteiger partial charge in [-0.15, -0.1) is 0 Å². The third-order valence-corrected chi connectivity index (χ3v) is 4.57. The van der Waals surface area contributed by atoms with Gasteiger partial charge < -0.3 is 4.74 Å². The monoisotopic (exact) mass is 328 g/mol. The highest BCUT2D eigenvalue weighted by Gasteiger charge is 2.09. The zero-order chi connectivity index (χ0) is 17.2. The molecule has 0 spiro atoms. The van der Waals surface area contributed by atoms with Crippen molar-refractivity contribution < 1.29 is 4.74 Å². The van der Waals surface area contributed by atoms with Crippen molar-refractivity contribution in [3.05, 3.63) is 84.1 Å². The van der Waals surface area contributed by atoms with E-state index < -0.39 is 0 Å². The van der Waals surface area contributed by atoms with Gasteiger partial charge in [-0.25, -0.2) is 0 Å². The first-order chi connectivity index (χ1) is 12.2. The molecule has 0 aliphatic rings. The first kappa shape index (κ1) is 15.5. The van der Waals surface area contributed by atoms with E-state index in [1.165, 1.54) is 27.6 Å². The van der Waals surface area contributed by atoms with Crippen LogP contribution >= 0.6 is 0 Å². The third kappa shape index (κ3) is 3.01. The summed E-state index contributed by atoms with van der Waals surface area (Å²) in [6.07, 6.45) is 1.96. The van der Waals surface area contributed by atoms with Crippen molar-refractivity contribution in [1.29, 1.82) is 0 Å². The fourth-order valence-electron chi connectivity index (χ4n) is 3.18. The molecule has 3 aromatic carbocycles. The van der Waals surface area contributed by atoms with E-state index in [9.17, 15) is 0 Å². The minimum absolute atomic E-state index is 0.741. The lowest BCUT2D eigenvalue weighted by Crippen LogP contribution is -2.01. The largest absolute Gasteiger partial charge is 0.497 e. The Balaban J connectivity index is 1.75. The molecule has 4 aromatic rings. The van der Waals surface area contributed by atoms with Crippen molar-refractivity contribution in [3.63, 3.8) is 0 Å². The maximum Gasteiger partial charge on any atom is 0.118 e. The number of hydrogen-bond acceptors (Lipinski definition) is 2. The van der Waals surface area contributed by atoms with E-state index in [-0.39, 0.29) is 0 Å². The van der Waals surface area contributed by atoms with Gasteiger partial charge in [0.1, 0.15) is 5.75 Å². The Morgan fingerprint density at radius 3 is 2.40 bits per heavy atom. The number of ether oxygens (including phenoxy) is 1. The van der Waals surface area contributed by atoms with Gasteiger partial charge in [0.05, 0.1) is 25.4 Å². The number of fused-ring (bicyclic) bond motifs is 1. The number of benzene rings is 3. The molecule has 0 N–H and O–H groups in total. The predicted molar refractivity (Wildman–Crippen MR) is 102 cm³/mol. The highest BCUT2D eigenvalue weighted by molar-refractivity contribution is 5.87. The van der Waals surface area contributed by atoms with Crippen LogP contribution in [-0.4, -0.2) is 16.9 Å². The van der Waals surface area contributed by atoms with Gasteiger partial charge in [-0.2, -0.15) is 5.10 Å². The maximum absolute atomic E-state index is 5.23. The molecule has 0 fully saturated rings. The standard InChI is InChI=1S/C22H20N2O/c1-16-12-19(18-6-4-3-5-7-18)13-22-21(16)14-23-24(22)15-17-8-10-20(25-2)11-9-17/h3-14H,15H2,1-2H3. The predicted octanol–water partition coefficient (Wildman–Crippen LogP) is 5.07. The average molecular weight is 328 g/mol. The molecule has 0 radical (unpaired) electrons. The van der Waals surface area contributed by atoms with E-state index >= 15 is 0 Å². The van der Waals surface area contributed by atoms with E-state index in [1.54, 1.807) is 7.11 Å². The van der Waals surface area contributed by atoms with Crippen molar-refractivity contribution in [2.24, 2.45) is 0 Å². The van der Waals surface area contributed by atoms with Crippen LogP contribution in [0.25, 0.3) is 22.0 Å². The van der Waals surface area contributed by atoms with Crippen LogP contribution in [0, 0.1) is 6.92 Å². The molecular weight excluding hydrogens is 308 g/mol. The summed E-state index contributed by atoms with van der Waals surface area (Å²) in [4.78, 5) is 0. The van der Waals surface area contributed by atoms with Crippen LogP contribution in [0.2, 0.25) is 0 Å². The van der Waals surface area contributed by atoms with E-state index in [1.807, 2.05) is 24.4 Å². The number of aromatic nitrogens is 2. The second-order valence-electron chi connectivity index (χ2n) is 6.24. The molecule has 0 atom stereocenters. The minimum atomic E-state index is 0.741. The summed E-state index contributed by atoms with van der Waals surface area (Å²) in [6.45, 7) is 2.89. The Morgan fingerprint density at radius 1 is 0.920 bits per heavy atom. The van der Waals surface area contributed by atoms with Crippen molar-refractivity contribution in [3.8, 4) is 16.9 Å². The molecule has 1 aromatic heterocycles. The highest BCUT2D eigenvalue weighted by Crippen LogP contribution is 2.28. The van der Waals surface area contributed by atoms with Crippen molar-refractivity contribution >= 4 is 10.9 Å². The van der Waals surface area contributed by atoms with Gasteiger partial charge in [0.25, 0.3) is 0 Å². The third-order valence-electron chi connectivity index (χ3n) is 4.57. The lowest BCUT2D eigenvalue weighted by atomic mass is 10.0. The molecule has 3 heteroatoms. The summed E-state index contributed by atoms with van der Waals surface area (Å²) in [5.41, 5.74) is 6.06. The van der Waals surface area contributed by atoms with E-state index in [4.69, 9.17) is 4.74 Å². The van der Waals surface area contributed by atoms with Crippen LogP contribution in [0.5, 0.6) is 5.75 Å². The summed E-state index contributed by atoms with van der Waals surface area (Å²) in [6, 6.07) is 23.1. The molecule has 0 saturated heterocycles. The number of rotatable bonds is 4. The Labute approximate surface area is 147 Å². The van der Waals surface area contributed by atoms with Crippen LogP contribution in [-0.2, 0) is 6.54 Å². The molecule has 1 heterocycles. The van der Waals surface area contributed by atoms with Crippen LogP contribution in [0.15, 0.2) is 72.9 Å². The smallest absolute Gasteiger partial charge is 0.118 e. The topological polar surface area (TPSA) is 27.1 Å². The van der Waals surface area contributed by atoms with Gasteiger partial charge in [-0.05, 0) is 47.4 Å². The molecule has 0 saturated carbocycles. The number of aryl methyl sites for hydroxylation is 1. The first-order valence-electron chi connectivity index (χ1n) is 8.39. The Hall–Kier alpha value is -3.07. The van der Waals surface area contributed by atoms with Crippen LogP contribution in [0.4, 0.5) is 0 Å². The zero-order valence-corrected chi connectivity index (χ0v) is 14.4. The average Bonchev–Trinajstić information content (AvgIpc) is 3.06. The normalized spacial score (nSPS) is 11.0. The number of nitrogens with zero attached hydrogens (tertiary/aromatic N) is 2. The van der Waals surface area contributed by atoms with Crippen molar-refractivity contribution in [1.82, 2.24) is 9.78 Å². The maximum atomic E-state index is 5.23. The van der Waals surface area contributed by atoms with E-state index in [0.29, 0.717) is 0 Å². The van der Waals surface area contributed by atoms with Crippen LogP contribution in [0.3, 0.4) is 0 Å². The summed E-state index contributed by atoms with van der Waals surface area (Å²) in [7, 11) is 1.68. The second-order valence-corrected chi connectivity index (χ2v) is 6.24. The molecule has 4 rings (SSSR count). The molecule has 0 amide bonds. The first-order valence-corrected chi connectivity index (χ1v) is 8.39. The van der Waals surface area contributed by atoms with Gasteiger partial charge in [-0.1, -0.05) is 48.5 Å². The van der Waals surface area contributed by atoms with Gasteiger partial charge in [-0.3, -0.25) is 4.68 Å². The second kappa shape index (κ2) is 6.44. The minimum Gasteiger partial charge on any atom is -0.497 e. The molecule has 0 aliphatic heterocycles. The van der Waals surface area contributed by atoms with Crippen molar-refractivity contribution in [2.45, 2.75) is 13.5 Å². The van der Waals surface area contributed by atoms with Gasteiger partial charge in [0.2, 0.25) is 0 Å². The summed E-state index contributed by atoms with van der Waals surface area (Å²) in [5, 5.41) is 5.82. The fourth-order valence-corrected chi connectivity index (χ4v) is 3.18. The quantitative estimate of drug-likeness (QED) is 0.523. The SMILES string of the molecule is COc1ccc(Cn2ncc3c(C)cc(-c4ccccc4)cc32)cc1. The Kier molecular flexibility index (Phi) is 3.98. The molecule has 25 heavy (non-hydrogen) atoms. The van der Waals surface area contributed by atoms with Crippen LogP contribution in [0.1, 0.15) is 11.1 Å². The van der Waals surface area contributed by atoms with Gasteiger partial charge >= 0.3 is 0 Å². The lowest BCUT2D eigenvalue weighted by molar-refractivity contribution is 0.414. The van der Waals surface area contributed by atoms with Gasteiger partial charge in [0, 0.05) is 5.39 Å². The van der Waals surface area contributed by atoms with Gasteiger partial charge in [0.15, 0.2) is 0 Å².